The molecule has 1 fully saturated rings. The van der Waals surface area contributed by atoms with Crippen molar-refractivity contribution in [2.45, 2.75) is 0 Å². The van der Waals surface area contributed by atoms with Gasteiger partial charge in [0.15, 0.2) is 0 Å². The Kier molecular flexibility index (Phi) is 5.29. The van der Waals surface area contributed by atoms with E-state index in [1.165, 1.54) is 30.2 Å². The Hall–Kier alpha value is -2.90. The van der Waals surface area contributed by atoms with Crippen molar-refractivity contribution in [3.05, 3.63) is 46.0 Å². The lowest BCUT2D eigenvalue weighted by Crippen LogP contribution is -2.50. The van der Waals surface area contributed by atoms with Gasteiger partial charge in [0.05, 0.1) is 12.0 Å². The first-order valence-corrected chi connectivity index (χ1v) is 7.05. The van der Waals surface area contributed by atoms with Crippen molar-refractivity contribution < 1.29 is 19.2 Å². The van der Waals surface area contributed by atoms with Gasteiger partial charge in [-0.2, -0.15) is 0 Å². The van der Waals surface area contributed by atoms with E-state index in [9.17, 15) is 19.7 Å². The molecule has 0 bridgehead atoms. The Morgan fingerprint density at radius 3 is 2.48 bits per heavy atom. The summed E-state index contributed by atoms with van der Waals surface area (Å²) in [7, 11) is 1.32. The van der Waals surface area contributed by atoms with Crippen molar-refractivity contribution in [3.8, 4) is 0 Å². The van der Waals surface area contributed by atoms with Gasteiger partial charge in [-0.15, -0.1) is 0 Å². The quantitative estimate of drug-likeness (QED) is 0.478. The standard InChI is InChI=1S/C15H17N3O5/c1-23-15(20)17-9-7-16(8-10-17)14(19)6-5-12-3-2-4-13(11-12)18(21)22/h2-6,11H,7-10H2,1H3/b6-5+. The molecule has 1 aromatic rings. The molecule has 0 N–H and O–H groups in total. The highest BCUT2D eigenvalue weighted by Gasteiger charge is 2.23. The number of ether oxygens (including phenoxy) is 1. The first-order valence-electron chi connectivity index (χ1n) is 7.05. The van der Waals surface area contributed by atoms with Gasteiger partial charge in [0.2, 0.25) is 5.91 Å². The zero-order chi connectivity index (χ0) is 16.8. The number of carbonyl (C=O) groups is 2. The Balaban J connectivity index is 1.93. The summed E-state index contributed by atoms with van der Waals surface area (Å²) in [6.07, 6.45) is 2.53. The zero-order valence-corrected chi connectivity index (χ0v) is 12.7. The van der Waals surface area contributed by atoms with Crippen LogP contribution in [0.3, 0.4) is 0 Å². The molecule has 122 valence electrons. The van der Waals surface area contributed by atoms with Crippen LogP contribution in [0.4, 0.5) is 10.5 Å². The second-order valence-corrected chi connectivity index (χ2v) is 4.97. The molecular weight excluding hydrogens is 302 g/mol. The lowest BCUT2D eigenvalue weighted by atomic mass is 10.2. The fraction of sp³-hybridized carbons (Fsp3) is 0.333. The van der Waals surface area contributed by atoms with Gasteiger partial charge in [-0.3, -0.25) is 14.9 Å². The minimum Gasteiger partial charge on any atom is -0.453 e. The maximum Gasteiger partial charge on any atom is 0.409 e. The van der Waals surface area contributed by atoms with Gasteiger partial charge in [0.1, 0.15) is 0 Å². The number of nitrogens with zero attached hydrogens (tertiary/aromatic N) is 3. The van der Waals surface area contributed by atoms with Crippen molar-refractivity contribution in [3.63, 3.8) is 0 Å². The van der Waals surface area contributed by atoms with Crippen molar-refractivity contribution in [2.24, 2.45) is 0 Å². The van der Waals surface area contributed by atoms with Crippen LogP contribution in [0.15, 0.2) is 30.3 Å². The molecule has 0 atom stereocenters. The fourth-order valence-electron chi connectivity index (χ4n) is 2.25. The molecule has 2 rings (SSSR count). The van der Waals surface area contributed by atoms with Gasteiger partial charge in [-0.25, -0.2) is 4.79 Å². The van der Waals surface area contributed by atoms with E-state index in [1.807, 2.05) is 0 Å². The molecule has 2 amide bonds. The molecule has 8 nitrogen and oxygen atoms in total. The molecule has 0 aliphatic carbocycles. The average molecular weight is 319 g/mol. The topological polar surface area (TPSA) is 93.0 Å². The highest BCUT2D eigenvalue weighted by atomic mass is 16.6. The third kappa shape index (κ3) is 4.29. The highest BCUT2D eigenvalue weighted by Crippen LogP contribution is 2.14. The Labute approximate surface area is 133 Å². The second kappa shape index (κ2) is 7.39. The number of carbonyl (C=O) groups excluding carboxylic acids is 2. The predicted octanol–water partition coefficient (Wildman–Crippen LogP) is 1.52. The van der Waals surface area contributed by atoms with Crippen molar-refractivity contribution in [1.82, 2.24) is 9.80 Å². The van der Waals surface area contributed by atoms with Gasteiger partial charge in [-0.05, 0) is 11.6 Å². The van der Waals surface area contributed by atoms with Crippen LogP contribution in [0.1, 0.15) is 5.56 Å². The number of hydrogen-bond acceptors (Lipinski definition) is 5. The summed E-state index contributed by atoms with van der Waals surface area (Å²) in [5.41, 5.74) is 0.562. The van der Waals surface area contributed by atoms with Gasteiger partial charge >= 0.3 is 6.09 Å². The Bertz CT molecular complexity index is 636. The normalized spacial score (nSPS) is 14.8. The Morgan fingerprint density at radius 2 is 1.87 bits per heavy atom. The fourth-order valence-corrected chi connectivity index (χ4v) is 2.25. The van der Waals surface area contributed by atoms with Crippen LogP contribution in [0.25, 0.3) is 6.08 Å². The number of nitro groups is 1. The molecule has 0 unspecified atom stereocenters. The minimum atomic E-state index is -0.481. The van der Waals surface area contributed by atoms with E-state index in [4.69, 9.17) is 0 Å². The predicted molar refractivity (Wildman–Crippen MR) is 82.7 cm³/mol. The molecule has 0 saturated carbocycles. The summed E-state index contributed by atoms with van der Waals surface area (Å²) in [5, 5.41) is 10.7. The number of methoxy groups -OCH3 is 1. The SMILES string of the molecule is COC(=O)N1CCN(C(=O)/C=C/c2cccc([N+](=O)[O-])c2)CC1. The average Bonchev–Trinajstić information content (AvgIpc) is 2.59. The van der Waals surface area contributed by atoms with Crippen LogP contribution in [0.5, 0.6) is 0 Å². The number of non-ortho nitro benzene ring substituents is 1. The third-order valence-corrected chi connectivity index (χ3v) is 3.52. The number of benzene rings is 1. The molecule has 1 aromatic carbocycles. The van der Waals surface area contributed by atoms with Crippen LogP contribution in [-0.4, -0.2) is 60.0 Å². The summed E-state index contributed by atoms with van der Waals surface area (Å²) in [6.45, 7) is 1.69. The number of nitro benzene ring substituents is 1. The molecule has 0 radical (unpaired) electrons. The van der Waals surface area contributed by atoms with Crippen LogP contribution in [0.2, 0.25) is 0 Å². The van der Waals surface area contributed by atoms with Crippen LogP contribution >= 0.6 is 0 Å². The summed E-state index contributed by atoms with van der Waals surface area (Å²) < 4.78 is 4.64. The third-order valence-electron chi connectivity index (χ3n) is 3.52. The summed E-state index contributed by atoms with van der Waals surface area (Å²) in [4.78, 5) is 36.9. The zero-order valence-electron chi connectivity index (χ0n) is 12.7. The molecule has 8 heteroatoms. The lowest BCUT2D eigenvalue weighted by Gasteiger charge is -2.33. The smallest absolute Gasteiger partial charge is 0.409 e. The maximum absolute atomic E-state index is 12.1. The number of amides is 2. The van der Waals surface area contributed by atoms with Crippen molar-refractivity contribution in [2.75, 3.05) is 33.3 Å². The highest BCUT2D eigenvalue weighted by molar-refractivity contribution is 5.92. The monoisotopic (exact) mass is 319 g/mol. The molecular formula is C15H17N3O5. The maximum atomic E-state index is 12.1. The number of hydrogen-bond donors (Lipinski definition) is 0. The van der Waals surface area contributed by atoms with Crippen LogP contribution < -0.4 is 0 Å². The van der Waals surface area contributed by atoms with Crippen LogP contribution in [0, 0.1) is 10.1 Å². The first-order chi connectivity index (χ1) is 11.0. The molecule has 0 spiro atoms. The number of piperazine rings is 1. The molecule has 1 saturated heterocycles. The second-order valence-electron chi connectivity index (χ2n) is 4.97. The lowest BCUT2D eigenvalue weighted by molar-refractivity contribution is -0.384. The van der Waals surface area contributed by atoms with E-state index in [2.05, 4.69) is 4.74 Å². The molecule has 1 aliphatic rings. The summed E-state index contributed by atoms with van der Waals surface area (Å²) in [5.74, 6) is -0.193. The largest absolute Gasteiger partial charge is 0.453 e. The van der Waals surface area contributed by atoms with E-state index >= 15 is 0 Å². The molecule has 0 aromatic heterocycles. The van der Waals surface area contributed by atoms with Gasteiger partial charge in [-0.1, -0.05) is 12.1 Å². The number of rotatable bonds is 3. The van der Waals surface area contributed by atoms with E-state index in [0.29, 0.717) is 31.7 Å². The summed E-state index contributed by atoms with van der Waals surface area (Å²) >= 11 is 0. The van der Waals surface area contributed by atoms with Gasteiger partial charge < -0.3 is 14.5 Å². The van der Waals surface area contributed by atoms with Crippen molar-refractivity contribution in [1.29, 1.82) is 0 Å². The minimum absolute atomic E-state index is 0.0220. The van der Waals surface area contributed by atoms with E-state index in [0.717, 1.165) is 0 Å². The van der Waals surface area contributed by atoms with E-state index in [-0.39, 0.29) is 11.6 Å². The van der Waals surface area contributed by atoms with Gasteiger partial charge in [0.25, 0.3) is 5.69 Å². The molecule has 1 aliphatic heterocycles. The summed E-state index contributed by atoms with van der Waals surface area (Å²) in [6, 6.07) is 6.05. The van der Waals surface area contributed by atoms with E-state index in [1.54, 1.807) is 23.1 Å². The Morgan fingerprint density at radius 1 is 1.22 bits per heavy atom. The van der Waals surface area contributed by atoms with Crippen molar-refractivity contribution >= 4 is 23.8 Å². The van der Waals surface area contributed by atoms with Crippen LogP contribution in [-0.2, 0) is 9.53 Å². The molecule has 1 heterocycles. The van der Waals surface area contributed by atoms with E-state index < -0.39 is 11.0 Å². The van der Waals surface area contributed by atoms with Gasteiger partial charge in [0, 0.05) is 44.4 Å². The molecule has 23 heavy (non-hydrogen) atoms. The first kappa shape index (κ1) is 16.5.